The summed E-state index contributed by atoms with van der Waals surface area (Å²) in [6, 6.07) is 14.3. The molecule has 6 aromatic rings. The molecule has 0 spiro atoms. The van der Waals surface area contributed by atoms with Crippen molar-refractivity contribution in [3.8, 4) is 28.1 Å². The minimum Gasteiger partial charge on any atom is -0.496 e. The lowest BCUT2D eigenvalue weighted by molar-refractivity contribution is 0.0988. The maximum Gasteiger partial charge on any atom is 0.294 e. The fourth-order valence-corrected chi connectivity index (χ4v) is 4.45. The fraction of sp³-hybridized carbons (Fsp3) is 0.120. The van der Waals surface area contributed by atoms with E-state index in [0.29, 0.717) is 44.4 Å². The van der Waals surface area contributed by atoms with Gasteiger partial charge in [-0.2, -0.15) is 0 Å². The highest BCUT2D eigenvalue weighted by Crippen LogP contribution is 2.37. The van der Waals surface area contributed by atoms with Crippen molar-refractivity contribution >= 4 is 38.9 Å². The van der Waals surface area contributed by atoms with Crippen molar-refractivity contribution in [3.63, 3.8) is 0 Å². The van der Waals surface area contributed by atoms with E-state index < -0.39 is 0 Å². The molecule has 0 aliphatic rings. The van der Waals surface area contributed by atoms with Gasteiger partial charge in [0.1, 0.15) is 29.4 Å². The second-order valence-corrected chi connectivity index (χ2v) is 8.81. The summed E-state index contributed by atoms with van der Waals surface area (Å²) >= 11 is 1.34. The number of fused-ring (bicyclic) bond motifs is 2. The Kier molecular flexibility index (Phi) is 5.69. The Morgan fingerprint density at radius 3 is 2.84 bits per heavy atom. The number of furan rings is 1. The van der Waals surface area contributed by atoms with Gasteiger partial charge in [0.15, 0.2) is 5.76 Å². The summed E-state index contributed by atoms with van der Waals surface area (Å²) < 4.78 is 29.4. The average Bonchev–Trinajstić information content (AvgIpc) is 3.70. The second kappa shape index (κ2) is 9.32. The van der Waals surface area contributed by atoms with E-state index in [9.17, 15) is 4.79 Å². The van der Waals surface area contributed by atoms with Crippen molar-refractivity contribution in [2.75, 3.05) is 19.5 Å². The lowest BCUT2D eigenvalue weighted by atomic mass is 10.2. The van der Waals surface area contributed by atoms with E-state index in [1.807, 2.05) is 24.3 Å². The number of anilines is 1. The van der Waals surface area contributed by atoms with Crippen molar-refractivity contribution in [2.45, 2.75) is 6.61 Å². The van der Waals surface area contributed by atoms with Crippen LogP contribution in [0.1, 0.15) is 16.1 Å². The topological polar surface area (TPSA) is 126 Å². The van der Waals surface area contributed by atoms with Gasteiger partial charge < -0.3 is 28.5 Å². The molecule has 4 heterocycles. The van der Waals surface area contributed by atoms with E-state index in [4.69, 9.17) is 23.2 Å². The highest BCUT2D eigenvalue weighted by molar-refractivity contribution is 7.18. The van der Waals surface area contributed by atoms with Crippen LogP contribution in [0.2, 0.25) is 0 Å². The summed E-state index contributed by atoms with van der Waals surface area (Å²) in [5.74, 6) is 1.49. The number of hydrogen-bond donors (Lipinski definition) is 1. The summed E-state index contributed by atoms with van der Waals surface area (Å²) in [6.45, 7) is 0.249. The standard InChI is InChI=1S/C25H19N5O6S/c1-32-16-9-20(34-13-14-4-3-5-15(8-14)27-23(31)19-6-7-26-36-19)17-11-22(35-21(17)10-16)18-12-30-24(28-18)37-25(29-30)33-2/h3-12H,13H2,1-2H3,(H,27,31). The van der Waals surface area contributed by atoms with Gasteiger partial charge in [-0.15, -0.1) is 5.10 Å². The number of aromatic nitrogens is 4. The van der Waals surface area contributed by atoms with Crippen LogP contribution in [-0.4, -0.2) is 39.9 Å². The molecule has 4 aromatic heterocycles. The predicted molar refractivity (Wildman–Crippen MR) is 134 cm³/mol. The lowest BCUT2D eigenvalue weighted by Crippen LogP contribution is -2.11. The van der Waals surface area contributed by atoms with Crippen LogP contribution in [0.3, 0.4) is 0 Å². The number of benzene rings is 2. The van der Waals surface area contributed by atoms with Gasteiger partial charge in [-0.3, -0.25) is 4.79 Å². The van der Waals surface area contributed by atoms with Crippen LogP contribution in [0.4, 0.5) is 5.69 Å². The first-order valence-electron chi connectivity index (χ1n) is 11.1. The Labute approximate surface area is 213 Å². The fourth-order valence-electron chi connectivity index (χ4n) is 3.75. The Morgan fingerprint density at radius 2 is 2.05 bits per heavy atom. The number of nitrogens with zero attached hydrogens (tertiary/aromatic N) is 4. The van der Waals surface area contributed by atoms with Crippen molar-refractivity contribution in [1.29, 1.82) is 0 Å². The summed E-state index contributed by atoms with van der Waals surface area (Å²) in [4.78, 5) is 17.5. The van der Waals surface area contributed by atoms with Crippen LogP contribution >= 0.6 is 11.3 Å². The van der Waals surface area contributed by atoms with Gasteiger partial charge in [-0.1, -0.05) is 17.3 Å². The number of ether oxygens (including phenoxy) is 3. The SMILES string of the molecule is COc1cc(OCc2cccc(NC(=O)c3ccno3)c2)c2cc(-c3cn4nc(OC)sc4n3)oc2c1. The molecule has 0 aliphatic carbocycles. The molecular weight excluding hydrogens is 498 g/mol. The number of amides is 1. The molecule has 0 saturated carbocycles. The maximum absolute atomic E-state index is 12.3. The molecule has 0 saturated heterocycles. The van der Waals surface area contributed by atoms with Crippen molar-refractivity contribution in [3.05, 3.63) is 72.2 Å². The summed E-state index contributed by atoms with van der Waals surface area (Å²) in [5.41, 5.74) is 2.69. The third-order valence-corrected chi connectivity index (χ3v) is 6.39. The van der Waals surface area contributed by atoms with Crippen LogP contribution in [-0.2, 0) is 6.61 Å². The first-order valence-corrected chi connectivity index (χ1v) is 11.9. The van der Waals surface area contributed by atoms with Crippen molar-refractivity contribution in [2.24, 2.45) is 0 Å². The molecule has 0 unspecified atom stereocenters. The van der Waals surface area contributed by atoms with Crippen molar-refractivity contribution in [1.82, 2.24) is 19.8 Å². The minimum atomic E-state index is -0.385. The van der Waals surface area contributed by atoms with Crippen LogP contribution in [0, 0.1) is 0 Å². The number of carbonyl (C=O) groups excluding carboxylic acids is 1. The zero-order chi connectivity index (χ0) is 25.4. The maximum atomic E-state index is 12.3. The highest BCUT2D eigenvalue weighted by atomic mass is 32.1. The number of carbonyl (C=O) groups is 1. The molecule has 0 aliphatic heterocycles. The zero-order valence-corrected chi connectivity index (χ0v) is 20.4. The minimum absolute atomic E-state index is 0.128. The monoisotopic (exact) mass is 517 g/mol. The summed E-state index contributed by atoms with van der Waals surface area (Å²) in [5, 5.41) is 11.9. The number of nitrogens with one attached hydrogen (secondary N) is 1. The largest absolute Gasteiger partial charge is 0.496 e. The normalized spacial score (nSPS) is 11.2. The first-order chi connectivity index (χ1) is 18.1. The summed E-state index contributed by atoms with van der Waals surface area (Å²) in [7, 11) is 3.15. The Hall–Kier alpha value is -4.84. The third kappa shape index (κ3) is 4.45. The van der Waals surface area contributed by atoms with Gasteiger partial charge >= 0.3 is 0 Å². The quantitative estimate of drug-likeness (QED) is 0.295. The van der Waals surface area contributed by atoms with E-state index in [1.54, 1.807) is 43.1 Å². The average molecular weight is 518 g/mol. The molecule has 1 N–H and O–H groups in total. The van der Waals surface area contributed by atoms with Crippen LogP contribution in [0.25, 0.3) is 27.4 Å². The second-order valence-electron chi connectivity index (χ2n) is 7.89. The molecule has 2 aromatic carbocycles. The van der Waals surface area contributed by atoms with E-state index in [0.717, 1.165) is 10.9 Å². The Balaban J connectivity index is 1.25. The summed E-state index contributed by atoms with van der Waals surface area (Å²) in [6.07, 6.45) is 3.20. The van der Waals surface area contributed by atoms with Gasteiger partial charge in [0.25, 0.3) is 11.1 Å². The van der Waals surface area contributed by atoms with Crippen LogP contribution in [0.5, 0.6) is 16.7 Å². The van der Waals surface area contributed by atoms with E-state index in [1.165, 1.54) is 23.6 Å². The molecular formula is C25H19N5O6S. The highest BCUT2D eigenvalue weighted by Gasteiger charge is 2.17. The van der Waals surface area contributed by atoms with Gasteiger partial charge in [-0.25, -0.2) is 9.50 Å². The molecule has 0 atom stereocenters. The zero-order valence-electron chi connectivity index (χ0n) is 19.6. The van der Waals surface area contributed by atoms with Crippen LogP contribution in [0.15, 0.2) is 69.9 Å². The lowest BCUT2D eigenvalue weighted by Gasteiger charge is -2.10. The molecule has 186 valence electrons. The molecule has 6 rings (SSSR count). The number of imidazole rings is 1. The molecule has 0 radical (unpaired) electrons. The molecule has 11 nitrogen and oxygen atoms in total. The van der Waals surface area contributed by atoms with E-state index in [-0.39, 0.29) is 18.3 Å². The predicted octanol–water partition coefficient (Wildman–Crippen LogP) is 5.04. The van der Waals surface area contributed by atoms with Gasteiger partial charge in [-0.05, 0) is 35.1 Å². The van der Waals surface area contributed by atoms with Gasteiger partial charge in [0.2, 0.25) is 10.7 Å². The molecule has 37 heavy (non-hydrogen) atoms. The Morgan fingerprint density at radius 1 is 1.14 bits per heavy atom. The van der Waals surface area contributed by atoms with Gasteiger partial charge in [0.05, 0.1) is 32.0 Å². The van der Waals surface area contributed by atoms with E-state index >= 15 is 0 Å². The first kappa shape index (κ1) is 22.6. The smallest absolute Gasteiger partial charge is 0.294 e. The molecule has 0 bridgehead atoms. The third-order valence-electron chi connectivity index (χ3n) is 5.50. The molecule has 0 fully saturated rings. The molecule has 12 heteroatoms. The Bertz CT molecular complexity index is 1690. The van der Waals surface area contributed by atoms with E-state index in [2.05, 4.69) is 20.6 Å². The van der Waals surface area contributed by atoms with Crippen LogP contribution < -0.4 is 19.5 Å². The van der Waals surface area contributed by atoms with Gasteiger partial charge in [0, 0.05) is 23.9 Å². The number of rotatable bonds is 8. The number of hydrogen-bond acceptors (Lipinski definition) is 10. The molecule has 1 amide bonds. The number of methoxy groups -OCH3 is 2. The van der Waals surface area contributed by atoms with Crippen molar-refractivity contribution < 1.29 is 27.9 Å².